The molecule has 2 aromatic carbocycles. The summed E-state index contributed by atoms with van der Waals surface area (Å²) in [5, 5.41) is 11.0. The van der Waals surface area contributed by atoms with Gasteiger partial charge in [0.05, 0.1) is 18.5 Å². The van der Waals surface area contributed by atoms with Crippen molar-refractivity contribution in [2.45, 2.75) is 20.3 Å². The largest absolute Gasteiger partial charge is 0.494 e. The summed E-state index contributed by atoms with van der Waals surface area (Å²) in [6.07, 6.45) is 4.55. The maximum absolute atomic E-state index is 12.3. The number of carbonyl (C=O) groups excluding carboxylic acids is 1. The Morgan fingerprint density at radius 2 is 1.93 bits per heavy atom. The van der Waals surface area contributed by atoms with Crippen molar-refractivity contribution in [3.63, 3.8) is 0 Å². The summed E-state index contributed by atoms with van der Waals surface area (Å²) in [5.41, 5.74) is 6.43. The van der Waals surface area contributed by atoms with Crippen LogP contribution >= 0.6 is 0 Å². The summed E-state index contributed by atoms with van der Waals surface area (Å²) in [5.74, 6) is 0.466. The first-order valence-corrected chi connectivity index (χ1v) is 9.51. The first-order chi connectivity index (χ1) is 14.2. The minimum Gasteiger partial charge on any atom is -0.494 e. The molecule has 0 radical (unpaired) electrons. The average Bonchev–Trinajstić information content (AvgIpc) is 3.24. The smallest absolute Gasteiger partial charge is 0.289 e. The second-order valence-corrected chi connectivity index (χ2v) is 6.54. The molecule has 1 heterocycles. The number of H-pyrrole nitrogens is 1. The van der Waals surface area contributed by atoms with Gasteiger partial charge in [-0.1, -0.05) is 43.3 Å². The van der Waals surface area contributed by atoms with Crippen LogP contribution < -0.4 is 10.2 Å². The molecule has 0 aliphatic carbocycles. The van der Waals surface area contributed by atoms with Crippen molar-refractivity contribution in [3.05, 3.63) is 77.5 Å². The van der Waals surface area contributed by atoms with Gasteiger partial charge in [-0.25, -0.2) is 5.43 Å². The van der Waals surface area contributed by atoms with Crippen molar-refractivity contribution in [2.24, 2.45) is 5.10 Å². The fraction of sp³-hybridized carbons (Fsp3) is 0.174. The van der Waals surface area contributed by atoms with Crippen molar-refractivity contribution >= 4 is 18.2 Å². The Bertz CT molecular complexity index is 989. The Balaban J connectivity index is 1.58. The Labute approximate surface area is 170 Å². The zero-order chi connectivity index (χ0) is 20.5. The molecule has 29 heavy (non-hydrogen) atoms. The van der Waals surface area contributed by atoms with E-state index in [1.165, 1.54) is 0 Å². The highest BCUT2D eigenvalue weighted by atomic mass is 16.5. The maximum Gasteiger partial charge on any atom is 0.289 e. The van der Waals surface area contributed by atoms with E-state index >= 15 is 0 Å². The van der Waals surface area contributed by atoms with Gasteiger partial charge < -0.3 is 4.74 Å². The third-order valence-electron chi connectivity index (χ3n) is 4.07. The number of hydrogen-bond acceptors (Lipinski definition) is 4. The second kappa shape index (κ2) is 10.0. The van der Waals surface area contributed by atoms with Gasteiger partial charge in [0.1, 0.15) is 11.4 Å². The van der Waals surface area contributed by atoms with E-state index in [4.69, 9.17) is 4.74 Å². The predicted molar refractivity (Wildman–Crippen MR) is 116 cm³/mol. The summed E-state index contributed by atoms with van der Waals surface area (Å²) < 4.78 is 5.58. The molecule has 0 saturated carbocycles. The van der Waals surface area contributed by atoms with Crippen LogP contribution in [0.15, 0.2) is 71.3 Å². The molecule has 0 saturated heterocycles. The van der Waals surface area contributed by atoms with Crippen molar-refractivity contribution in [3.8, 4) is 17.0 Å². The first kappa shape index (κ1) is 20.1. The monoisotopic (exact) mass is 388 g/mol. The molecule has 3 aromatic rings. The summed E-state index contributed by atoms with van der Waals surface area (Å²) in [6.45, 7) is 4.67. The van der Waals surface area contributed by atoms with Gasteiger partial charge in [-0.3, -0.25) is 9.89 Å². The molecule has 0 aliphatic rings. The van der Waals surface area contributed by atoms with Crippen LogP contribution in [0.2, 0.25) is 0 Å². The minimum absolute atomic E-state index is 0.341. The number of nitrogens with one attached hydrogen (secondary N) is 2. The lowest BCUT2D eigenvalue weighted by Gasteiger charge is -2.04. The van der Waals surface area contributed by atoms with E-state index in [-0.39, 0.29) is 5.91 Å². The zero-order valence-electron chi connectivity index (χ0n) is 16.6. The Kier molecular flexibility index (Phi) is 6.95. The van der Waals surface area contributed by atoms with Gasteiger partial charge in [-0.05, 0) is 54.8 Å². The van der Waals surface area contributed by atoms with Crippen LogP contribution in [0.3, 0.4) is 0 Å². The Morgan fingerprint density at radius 3 is 2.66 bits per heavy atom. The third kappa shape index (κ3) is 5.90. The van der Waals surface area contributed by atoms with E-state index in [9.17, 15) is 4.79 Å². The van der Waals surface area contributed by atoms with E-state index in [0.29, 0.717) is 18.0 Å². The van der Waals surface area contributed by atoms with Gasteiger partial charge >= 0.3 is 0 Å². The maximum atomic E-state index is 12.3. The summed E-state index contributed by atoms with van der Waals surface area (Å²) in [4.78, 5) is 12.3. The first-order valence-electron chi connectivity index (χ1n) is 9.51. The Hall–Kier alpha value is -3.67. The number of amides is 1. The molecule has 6 nitrogen and oxygen atoms in total. The summed E-state index contributed by atoms with van der Waals surface area (Å²) >= 11 is 0. The molecular weight excluding hydrogens is 364 g/mol. The molecule has 1 aromatic heterocycles. The van der Waals surface area contributed by atoms with E-state index < -0.39 is 0 Å². The molecule has 3 rings (SSSR count). The SMILES string of the molecule is CCCOc1ccc(-c2cc(C(=O)N/N=C/C(C)=Cc3ccccc3)[nH]n2)cc1. The number of ether oxygens (including phenoxy) is 1. The quantitative estimate of drug-likeness (QED) is 0.434. The Morgan fingerprint density at radius 1 is 1.17 bits per heavy atom. The predicted octanol–water partition coefficient (Wildman–Crippen LogP) is 4.68. The molecule has 0 spiro atoms. The minimum atomic E-state index is -0.351. The van der Waals surface area contributed by atoms with Crippen LogP contribution in [0.4, 0.5) is 0 Å². The highest BCUT2D eigenvalue weighted by molar-refractivity contribution is 5.94. The summed E-state index contributed by atoms with van der Waals surface area (Å²) in [7, 11) is 0. The standard InChI is InChI=1S/C23H24N4O2/c1-3-13-29-20-11-9-19(10-12-20)21-15-22(26-25-21)23(28)27-24-16-17(2)14-18-7-5-4-6-8-18/h4-12,14-16H,3,13H2,1-2H3,(H,25,26)(H,27,28)/b17-14?,24-16+. The van der Waals surface area contributed by atoms with Crippen LogP contribution in [0, 0.1) is 0 Å². The van der Waals surface area contributed by atoms with Gasteiger partial charge in [-0.2, -0.15) is 10.2 Å². The van der Waals surface area contributed by atoms with Crippen LogP contribution in [0.25, 0.3) is 17.3 Å². The van der Waals surface area contributed by atoms with Crippen LogP contribution in [0.1, 0.15) is 36.3 Å². The number of carbonyl (C=O) groups is 1. The fourth-order valence-corrected chi connectivity index (χ4v) is 2.63. The highest BCUT2D eigenvalue weighted by Crippen LogP contribution is 2.21. The van der Waals surface area contributed by atoms with Crippen molar-refractivity contribution in [1.29, 1.82) is 0 Å². The van der Waals surface area contributed by atoms with Crippen LogP contribution in [0.5, 0.6) is 5.75 Å². The van der Waals surface area contributed by atoms with E-state index in [1.54, 1.807) is 12.3 Å². The topological polar surface area (TPSA) is 79.4 Å². The number of allylic oxidation sites excluding steroid dienone is 1. The number of nitrogens with zero attached hydrogens (tertiary/aromatic N) is 2. The lowest BCUT2D eigenvalue weighted by atomic mass is 10.1. The molecule has 1 amide bonds. The number of benzene rings is 2. The molecule has 0 atom stereocenters. The fourth-order valence-electron chi connectivity index (χ4n) is 2.63. The zero-order valence-corrected chi connectivity index (χ0v) is 16.6. The number of hydrazone groups is 1. The molecule has 0 fully saturated rings. The van der Waals surface area contributed by atoms with Crippen LogP contribution in [-0.2, 0) is 0 Å². The number of hydrogen-bond donors (Lipinski definition) is 2. The molecule has 148 valence electrons. The van der Waals surface area contributed by atoms with E-state index in [0.717, 1.165) is 28.9 Å². The van der Waals surface area contributed by atoms with E-state index in [1.807, 2.05) is 67.6 Å². The molecule has 0 unspecified atom stereocenters. The van der Waals surface area contributed by atoms with Crippen molar-refractivity contribution in [2.75, 3.05) is 6.61 Å². The third-order valence-corrected chi connectivity index (χ3v) is 4.07. The number of aromatic amines is 1. The van der Waals surface area contributed by atoms with Gasteiger partial charge in [0.2, 0.25) is 0 Å². The highest BCUT2D eigenvalue weighted by Gasteiger charge is 2.10. The summed E-state index contributed by atoms with van der Waals surface area (Å²) in [6, 6.07) is 19.2. The lowest BCUT2D eigenvalue weighted by Crippen LogP contribution is -2.17. The lowest BCUT2D eigenvalue weighted by molar-refractivity contribution is 0.0950. The number of rotatable bonds is 8. The van der Waals surface area contributed by atoms with Gasteiger partial charge in [0, 0.05) is 5.56 Å². The van der Waals surface area contributed by atoms with Gasteiger partial charge in [0.25, 0.3) is 5.91 Å². The number of aromatic nitrogens is 2. The molecule has 0 bridgehead atoms. The average molecular weight is 388 g/mol. The van der Waals surface area contributed by atoms with Gasteiger partial charge in [-0.15, -0.1) is 0 Å². The molecule has 2 N–H and O–H groups in total. The van der Waals surface area contributed by atoms with E-state index in [2.05, 4.69) is 27.6 Å². The van der Waals surface area contributed by atoms with Crippen LogP contribution in [-0.4, -0.2) is 28.9 Å². The molecule has 0 aliphatic heterocycles. The molecule has 6 heteroatoms. The van der Waals surface area contributed by atoms with Gasteiger partial charge in [0.15, 0.2) is 0 Å². The van der Waals surface area contributed by atoms with Crippen molar-refractivity contribution < 1.29 is 9.53 Å². The normalized spacial score (nSPS) is 11.6. The molecular formula is C23H24N4O2. The second-order valence-electron chi connectivity index (χ2n) is 6.54. The van der Waals surface area contributed by atoms with Crippen molar-refractivity contribution in [1.82, 2.24) is 15.6 Å².